The predicted octanol–water partition coefficient (Wildman–Crippen LogP) is 3.52. The molecule has 7 nitrogen and oxygen atoms in total. The number of amides is 1. The van der Waals surface area contributed by atoms with E-state index in [1.807, 2.05) is 6.07 Å². The van der Waals surface area contributed by atoms with Gasteiger partial charge >= 0.3 is 0 Å². The third-order valence-electron chi connectivity index (χ3n) is 3.67. The molecular formula is C18H13BrCl2N4O3. The lowest BCUT2D eigenvalue weighted by molar-refractivity contribution is -0.119. The molecule has 0 spiro atoms. The first-order valence-corrected chi connectivity index (χ1v) is 9.44. The van der Waals surface area contributed by atoms with E-state index in [-0.39, 0.29) is 28.0 Å². The van der Waals surface area contributed by atoms with Crippen LogP contribution in [0.5, 0.6) is 5.75 Å². The van der Waals surface area contributed by atoms with Gasteiger partial charge in [-0.2, -0.15) is 9.78 Å². The quantitative estimate of drug-likeness (QED) is 0.561. The highest BCUT2D eigenvalue weighted by atomic mass is 79.9. The second-order valence-corrected chi connectivity index (χ2v) is 7.48. The Morgan fingerprint density at radius 2 is 2.00 bits per heavy atom. The number of primary amides is 1. The van der Waals surface area contributed by atoms with Gasteiger partial charge in [-0.05, 0) is 42.8 Å². The van der Waals surface area contributed by atoms with Crippen molar-refractivity contribution in [2.45, 2.75) is 6.92 Å². The Hall–Kier alpha value is -2.42. The SMILES string of the molecule is Cc1nc2ccc(Br)cc2c(=O)n1N=Cc1cc(Cl)c(OCC(N)=O)c(Cl)c1. The van der Waals surface area contributed by atoms with Crippen LogP contribution in [-0.4, -0.2) is 28.4 Å². The van der Waals surface area contributed by atoms with E-state index in [4.69, 9.17) is 33.7 Å². The Morgan fingerprint density at radius 3 is 2.64 bits per heavy atom. The van der Waals surface area contributed by atoms with Crippen molar-refractivity contribution in [1.29, 1.82) is 0 Å². The molecule has 1 amide bonds. The van der Waals surface area contributed by atoms with E-state index in [2.05, 4.69) is 26.0 Å². The summed E-state index contributed by atoms with van der Waals surface area (Å²) in [5.41, 5.74) is 5.85. The number of rotatable bonds is 5. The number of halogens is 3. The number of carbonyl (C=O) groups excluding carboxylic acids is 1. The van der Waals surface area contributed by atoms with Crippen LogP contribution in [0, 0.1) is 6.92 Å². The van der Waals surface area contributed by atoms with Crippen LogP contribution >= 0.6 is 39.1 Å². The Labute approximate surface area is 177 Å². The number of ether oxygens (including phenoxy) is 1. The third kappa shape index (κ3) is 4.35. The zero-order valence-electron chi connectivity index (χ0n) is 14.4. The average molecular weight is 484 g/mol. The minimum absolute atomic E-state index is 0.143. The predicted molar refractivity (Wildman–Crippen MR) is 113 cm³/mol. The van der Waals surface area contributed by atoms with Crippen LogP contribution in [0.4, 0.5) is 0 Å². The highest BCUT2D eigenvalue weighted by molar-refractivity contribution is 9.10. The van der Waals surface area contributed by atoms with Gasteiger partial charge < -0.3 is 10.5 Å². The van der Waals surface area contributed by atoms with Gasteiger partial charge in [0, 0.05) is 4.47 Å². The van der Waals surface area contributed by atoms with E-state index in [1.165, 1.54) is 10.9 Å². The van der Waals surface area contributed by atoms with Crippen molar-refractivity contribution in [2.24, 2.45) is 10.8 Å². The monoisotopic (exact) mass is 482 g/mol. The summed E-state index contributed by atoms with van der Waals surface area (Å²) in [6.45, 7) is 1.33. The maximum Gasteiger partial charge on any atom is 0.282 e. The van der Waals surface area contributed by atoms with Gasteiger partial charge in [0.2, 0.25) is 0 Å². The highest BCUT2D eigenvalue weighted by Crippen LogP contribution is 2.33. The zero-order chi connectivity index (χ0) is 20.4. The fourth-order valence-corrected chi connectivity index (χ4v) is 3.43. The van der Waals surface area contributed by atoms with Crippen LogP contribution < -0.4 is 16.0 Å². The Kier molecular flexibility index (Phi) is 6.02. The molecule has 0 bridgehead atoms. The molecule has 0 radical (unpaired) electrons. The summed E-state index contributed by atoms with van der Waals surface area (Å²) in [7, 11) is 0. The number of nitrogens with zero attached hydrogens (tertiary/aromatic N) is 3. The summed E-state index contributed by atoms with van der Waals surface area (Å²) in [6, 6.07) is 8.34. The van der Waals surface area contributed by atoms with Crippen molar-refractivity contribution in [2.75, 3.05) is 6.61 Å². The summed E-state index contributed by atoms with van der Waals surface area (Å²) in [6.07, 6.45) is 1.43. The van der Waals surface area contributed by atoms with Gasteiger partial charge in [-0.3, -0.25) is 9.59 Å². The van der Waals surface area contributed by atoms with Crippen LogP contribution in [0.3, 0.4) is 0 Å². The van der Waals surface area contributed by atoms with E-state index in [0.717, 1.165) is 4.47 Å². The first-order valence-electron chi connectivity index (χ1n) is 7.89. The molecule has 1 aromatic heterocycles. The lowest BCUT2D eigenvalue weighted by Crippen LogP contribution is -2.20. The number of hydrogen-bond acceptors (Lipinski definition) is 5. The lowest BCUT2D eigenvalue weighted by atomic mass is 10.2. The molecule has 2 aromatic carbocycles. The summed E-state index contributed by atoms with van der Waals surface area (Å²) < 4.78 is 7.15. The summed E-state index contributed by atoms with van der Waals surface area (Å²) in [5, 5.41) is 5.01. The summed E-state index contributed by atoms with van der Waals surface area (Å²) >= 11 is 15.6. The van der Waals surface area contributed by atoms with Crippen LogP contribution in [0.1, 0.15) is 11.4 Å². The van der Waals surface area contributed by atoms with Gasteiger partial charge in [0.25, 0.3) is 11.5 Å². The number of benzene rings is 2. The van der Waals surface area contributed by atoms with E-state index >= 15 is 0 Å². The number of nitrogens with two attached hydrogens (primary N) is 1. The van der Waals surface area contributed by atoms with E-state index in [9.17, 15) is 9.59 Å². The van der Waals surface area contributed by atoms with Crippen molar-refractivity contribution in [3.05, 3.63) is 66.6 Å². The normalized spacial score (nSPS) is 11.3. The van der Waals surface area contributed by atoms with Crippen molar-refractivity contribution < 1.29 is 9.53 Å². The smallest absolute Gasteiger partial charge is 0.282 e. The van der Waals surface area contributed by atoms with Crippen molar-refractivity contribution in [3.63, 3.8) is 0 Å². The van der Waals surface area contributed by atoms with Gasteiger partial charge in [0.05, 0.1) is 27.2 Å². The Balaban J connectivity index is 1.98. The molecule has 0 fully saturated rings. The van der Waals surface area contributed by atoms with Crippen LogP contribution in [0.15, 0.2) is 44.7 Å². The first kappa shape index (κ1) is 20.3. The summed E-state index contributed by atoms with van der Waals surface area (Å²) in [4.78, 5) is 28.0. The Bertz CT molecular complexity index is 1150. The molecule has 1 heterocycles. The number of aromatic nitrogens is 2. The van der Waals surface area contributed by atoms with Crippen LogP contribution in [0.2, 0.25) is 10.0 Å². The van der Waals surface area contributed by atoms with E-state index in [1.54, 1.807) is 31.2 Å². The molecule has 10 heteroatoms. The first-order chi connectivity index (χ1) is 13.3. The average Bonchev–Trinajstić information content (AvgIpc) is 2.61. The maximum atomic E-state index is 12.7. The minimum atomic E-state index is -0.650. The molecule has 0 atom stereocenters. The number of fused-ring (bicyclic) bond motifs is 1. The van der Waals surface area contributed by atoms with E-state index < -0.39 is 5.91 Å². The Morgan fingerprint density at radius 1 is 1.32 bits per heavy atom. The minimum Gasteiger partial charge on any atom is -0.481 e. The van der Waals surface area contributed by atoms with Gasteiger partial charge in [-0.15, -0.1) is 0 Å². The molecule has 2 N–H and O–H groups in total. The van der Waals surface area contributed by atoms with Gasteiger partial charge in [-0.25, -0.2) is 4.98 Å². The molecule has 0 aliphatic rings. The lowest BCUT2D eigenvalue weighted by Gasteiger charge is -2.09. The number of carbonyl (C=O) groups is 1. The zero-order valence-corrected chi connectivity index (χ0v) is 17.5. The van der Waals surface area contributed by atoms with Gasteiger partial charge in [0.1, 0.15) is 5.82 Å². The number of aryl methyl sites for hydroxylation is 1. The second kappa shape index (κ2) is 8.30. The second-order valence-electron chi connectivity index (χ2n) is 5.75. The van der Waals surface area contributed by atoms with Crippen molar-refractivity contribution >= 4 is 62.2 Å². The van der Waals surface area contributed by atoms with E-state index in [0.29, 0.717) is 22.3 Å². The molecule has 0 unspecified atom stereocenters. The molecular weight excluding hydrogens is 471 g/mol. The van der Waals surface area contributed by atoms with Crippen LogP contribution in [0.25, 0.3) is 10.9 Å². The van der Waals surface area contributed by atoms with Crippen LogP contribution in [-0.2, 0) is 4.79 Å². The van der Waals surface area contributed by atoms with Gasteiger partial charge in [0.15, 0.2) is 12.4 Å². The van der Waals surface area contributed by atoms with Gasteiger partial charge in [-0.1, -0.05) is 39.1 Å². The molecule has 144 valence electrons. The standard InChI is InChI=1S/C18H13BrCl2N4O3/c1-9-24-15-3-2-11(19)6-12(15)18(27)25(9)23-7-10-4-13(20)17(14(21)5-10)28-8-16(22)26/h2-7H,8H2,1H3,(H2,22,26). The molecule has 3 rings (SSSR count). The van der Waals surface area contributed by atoms with Crippen molar-refractivity contribution in [3.8, 4) is 5.75 Å². The summed E-state index contributed by atoms with van der Waals surface area (Å²) in [5.74, 6) is -0.0809. The fraction of sp³-hybridized carbons (Fsp3) is 0.111. The largest absolute Gasteiger partial charge is 0.481 e. The molecule has 0 aliphatic carbocycles. The molecule has 28 heavy (non-hydrogen) atoms. The fourth-order valence-electron chi connectivity index (χ4n) is 2.46. The molecule has 0 saturated carbocycles. The topological polar surface area (TPSA) is 99.6 Å². The van der Waals surface area contributed by atoms with Crippen molar-refractivity contribution in [1.82, 2.24) is 9.66 Å². The molecule has 0 saturated heterocycles. The molecule has 3 aromatic rings. The number of hydrogen-bond donors (Lipinski definition) is 1. The maximum absolute atomic E-state index is 12.7. The molecule has 0 aliphatic heterocycles. The third-order valence-corrected chi connectivity index (χ3v) is 4.73. The highest BCUT2D eigenvalue weighted by Gasteiger charge is 2.11.